The lowest BCUT2D eigenvalue weighted by atomic mass is 10.1. The number of hydrogen-bond donors (Lipinski definition) is 0. The van der Waals surface area contributed by atoms with Crippen molar-refractivity contribution in [2.24, 2.45) is 0 Å². The number of Topliss-reactive ketones (excluding diaryl/α,β-unsaturated/α-hetero) is 1. The van der Waals surface area contributed by atoms with Crippen LogP contribution in [0.1, 0.15) is 21.7 Å². The number of nitrogens with zero attached hydrogens (tertiary/aromatic N) is 1. The van der Waals surface area contributed by atoms with Crippen LogP contribution < -0.4 is 4.90 Å². The van der Waals surface area contributed by atoms with Gasteiger partial charge in [0.25, 0.3) is 0 Å². The van der Waals surface area contributed by atoms with Crippen LogP contribution in [0.3, 0.4) is 0 Å². The van der Waals surface area contributed by atoms with Gasteiger partial charge in [-0.15, -0.1) is 11.3 Å². The fourth-order valence-electron chi connectivity index (χ4n) is 2.52. The molecule has 3 nitrogen and oxygen atoms in total. The number of carbonyl (C=O) groups is 1. The zero-order valence-corrected chi connectivity index (χ0v) is 12.8. The van der Waals surface area contributed by atoms with Crippen LogP contribution in [0.5, 0.6) is 0 Å². The zero-order chi connectivity index (χ0) is 14.5. The Bertz CT molecular complexity index is 571. The van der Waals surface area contributed by atoms with E-state index < -0.39 is 0 Å². The maximum atomic E-state index is 12.2. The van der Waals surface area contributed by atoms with Gasteiger partial charge in [0.15, 0.2) is 5.78 Å². The number of ketones is 1. The Hall–Kier alpha value is -1.65. The van der Waals surface area contributed by atoms with Crippen molar-refractivity contribution in [2.45, 2.75) is 12.8 Å². The van der Waals surface area contributed by atoms with Crippen molar-refractivity contribution in [3.63, 3.8) is 0 Å². The van der Waals surface area contributed by atoms with Crippen molar-refractivity contribution in [3.8, 4) is 0 Å². The van der Waals surface area contributed by atoms with Gasteiger partial charge in [-0.25, -0.2) is 0 Å². The maximum absolute atomic E-state index is 12.2. The van der Waals surface area contributed by atoms with E-state index in [1.807, 2.05) is 30.3 Å². The van der Waals surface area contributed by atoms with Crippen molar-refractivity contribution in [1.29, 1.82) is 0 Å². The van der Waals surface area contributed by atoms with E-state index in [1.54, 1.807) is 11.3 Å². The van der Waals surface area contributed by atoms with Crippen molar-refractivity contribution < 1.29 is 9.53 Å². The van der Waals surface area contributed by atoms with Gasteiger partial charge in [0.2, 0.25) is 0 Å². The molecule has 0 N–H and O–H groups in total. The summed E-state index contributed by atoms with van der Waals surface area (Å²) < 4.78 is 5.36. The van der Waals surface area contributed by atoms with Gasteiger partial charge in [0.1, 0.15) is 0 Å². The second-order valence-corrected chi connectivity index (χ2v) is 6.18. The average Bonchev–Trinajstić information content (AvgIpc) is 3.07. The number of morpholine rings is 1. The number of hydrogen-bond acceptors (Lipinski definition) is 4. The first-order valence-corrected chi connectivity index (χ1v) is 8.19. The molecule has 3 rings (SSSR count). The van der Waals surface area contributed by atoms with Gasteiger partial charge >= 0.3 is 0 Å². The number of aryl methyl sites for hydroxylation is 1. The summed E-state index contributed by atoms with van der Waals surface area (Å²) in [6.07, 6.45) is 1.42. The molecule has 0 bridgehead atoms. The lowest BCUT2D eigenvalue weighted by Gasteiger charge is -2.28. The summed E-state index contributed by atoms with van der Waals surface area (Å²) >= 11 is 1.71. The molecule has 0 radical (unpaired) electrons. The standard InChI is InChI=1S/C17H19NO2S/c19-17(8-7-16-2-1-13-21-16)14-3-5-15(6-4-14)18-9-11-20-12-10-18/h1-6,13H,7-12H2. The molecule has 0 amide bonds. The smallest absolute Gasteiger partial charge is 0.163 e. The molecule has 1 aromatic heterocycles. The van der Waals surface area contributed by atoms with Gasteiger partial charge in [-0.1, -0.05) is 6.07 Å². The van der Waals surface area contributed by atoms with Gasteiger partial charge < -0.3 is 9.64 Å². The summed E-state index contributed by atoms with van der Waals surface area (Å²) in [5.74, 6) is 0.219. The molecular formula is C17H19NO2S. The van der Waals surface area contributed by atoms with Crippen molar-refractivity contribution >= 4 is 22.8 Å². The van der Waals surface area contributed by atoms with Gasteiger partial charge in [-0.3, -0.25) is 4.79 Å². The first-order valence-electron chi connectivity index (χ1n) is 7.31. The van der Waals surface area contributed by atoms with Gasteiger partial charge in [0.05, 0.1) is 13.2 Å². The van der Waals surface area contributed by atoms with E-state index in [2.05, 4.69) is 16.3 Å². The molecule has 0 spiro atoms. The van der Waals surface area contributed by atoms with Crippen LogP contribution in [0.25, 0.3) is 0 Å². The maximum Gasteiger partial charge on any atom is 0.163 e. The van der Waals surface area contributed by atoms with Crippen LogP contribution in [0.2, 0.25) is 0 Å². The third-order valence-electron chi connectivity index (χ3n) is 3.74. The molecule has 0 saturated carbocycles. The average molecular weight is 301 g/mol. The summed E-state index contributed by atoms with van der Waals surface area (Å²) in [7, 11) is 0. The fraction of sp³-hybridized carbons (Fsp3) is 0.353. The number of anilines is 1. The second-order valence-electron chi connectivity index (χ2n) is 5.15. The van der Waals surface area contributed by atoms with Crippen molar-refractivity contribution in [1.82, 2.24) is 0 Å². The van der Waals surface area contributed by atoms with E-state index in [-0.39, 0.29) is 5.78 Å². The molecular weight excluding hydrogens is 282 g/mol. The van der Waals surface area contributed by atoms with Crippen LogP contribution in [-0.4, -0.2) is 32.1 Å². The SMILES string of the molecule is O=C(CCc1cccs1)c1ccc(N2CCOCC2)cc1. The zero-order valence-electron chi connectivity index (χ0n) is 12.0. The molecule has 110 valence electrons. The summed E-state index contributed by atoms with van der Waals surface area (Å²) in [5, 5.41) is 2.05. The summed E-state index contributed by atoms with van der Waals surface area (Å²) in [5.41, 5.74) is 1.98. The van der Waals surface area contributed by atoms with Gasteiger partial charge in [-0.05, 0) is 42.1 Å². The molecule has 2 aromatic rings. The molecule has 21 heavy (non-hydrogen) atoms. The molecule has 4 heteroatoms. The Morgan fingerprint density at radius 3 is 2.57 bits per heavy atom. The lowest BCUT2D eigenvalue weighted by molar-refractivity contribution is 0.0983. The third kappa shape index (κ3) is 3.71. The predicted octanol–water partition coefficient (Wildman–Crippen LogP) is 3.40. The third-order valence-corrected chi connectivity index (χ3v) is 4.68. The Kier molecular flexibility index (Phi) is 4.68. The molecule has 1 aliphatic rings. The van der Waals surface area contributed by atoms with E-state index in [9.17, 15) is 4.79 Å². The van der Waals surface area contributed by atoms with Crippen LogP contribution >= 0.6 is 11.3 Å². The molecule has 2 heterocycles. The Labute approximate surface area is 129 Å². The lowest BCUT2D eigenvalue weighted by Crippen LogP contribution is -2.36. The quantitative estimate of drug-likeness (QED) is 0.793. The largest absolute Gasteiger partial charge is 0.378 e. The van der Waals surface area contributed by atoms with Crippen molar-refractivity contribution in [3.05, 3.63) is 52.2 Å². The normalized spacial score (nSPS) is 15.1. The summed E-state index contributed by atoms with van der Waals surface area (Å²) in [4.78, 5) is 15.8. The highest BCUT2D eigenvalue weighted by atomic mass is 32.1. The minimum atomic E-state index is 0.219. The van der Waals surface area contributed by atoms with Crippen LogP contribution in [0.15, 0.2) is 41.8 Å². The number of ether oxygens (including phenoxy) is 1. The molecule has 0 unspecified atom stereocenters. The monoisotopic (exact) mass is 301 g/mol. The van der Waals surface area contributed by atoms with E-state index in [4.69, 9.17) is 4.74 Å². The first-order chi connectivity index (χ1) is 10.3. The number of thiophene rings is 1. The summed E-state index contributed by atoms with van der Waals surface area (Å²) in [6, 6.07) is 12.1. The van der Waals surface area contributed by atoms with E-state index in [0.29, 0.717) is 6.42 Å². The number of benzene rings is 1. The Balaban J connectivity index is 1.59. The topological polar surface area (TPSA) is 29.5 Å². The molecule has 1 aliphatic heterocycles. The Morgan fingerprint density at radius 1 is 1.14 bits per heavy atom. The van der Waals surface area contributed by atoms with E-state index in [1.165, 1.54) is 10.6 Å². The van der Waals surface area contributed by atoms with Crippen LogP contribution in [0, 0.1) is 0 Å². The molecule has 1 saturated heterocycles. The minimum Gasteiger partial charge on any atom is -0.378 e. The summed E-state index contributed by atoms with van der Waals surface area (Å²) in [6.45, 7) is 3.40. The molecule has 1 aromatic carbocycles. The highest BCUT2D eigenvalue weighted by Gasteiger charge is 2.12. The molecule has 0 atom stereocenters. The highest BCUT2D eigenvalue weighted by Crippen LogP contribution is 2.18. The Morgan fingerprint density at radius 2 is 1.90 bits per heavy atom. The van der Waals surface area contributed by atoms with E-state index in [0.717, 1.165) is 38.3 Å². The molecule has 1 fully saturated rings. The number of carbonyl (C=O) groups excluding carboxylic acids is 1. The molecule has 0 aliphatic carbocycles. The van der Waals surface area contributed by atoms with Gasteiger partial charge in [-0.2, -0.15) is 0 Å². The van der Waals surface area contributed by atoms with E-state index >= 15 is 0 Å². The van der Waals surface area contributed by atoms with Crippen LogP contribution in [-0.2, 0) is 11.2 Å². The second kappa shape index (κ2) is 6.87. The predicted molar refractivity (Wildman–Crippen MR) is 86.4 cm³/mol. The highest BCUT2D eigenvalue weighted by molar-refractivity contribution is 7.09. The van der Waals surface area contributed by atoms with Gasteiger partial charge in [0, 0.05) is 35.6 Å². The number of rotatable bonds is 5. The van der Waals surface area contributed by atoms with Crippen molar-refractivity contribution in [2.75, 3.05) is 31.2 Å². The van der Waals surface area contributed by atoms with Crippen LogP contribution in [0.4, 0.5) is 5.69 Å². The minimum absolute atomic E-state index is 0.219. The fourth-order valence-corrected chi connectivity index (χ4v) is 3.22. The first kappa shape index (κ1) is 14.3.